The molecule has 4 heteroatoms. The lowest BCUT2D eigenvalue weighted by Gasteiger charge is -2.10. The maximum atomic E-state index is 10.7. The van der Waals surface area contributed by atoms with Crippen LogP contribution in [0.2, 0.25) is 0 Å². The van der Waals surface area contributed by atoms with E-state index < -0.39 is 11.5 Å². The quantitative estimate of drug-likeness (QED) is 0.653. The Morgan fingerprint density at radius 3 is 2.75 bits per heavy atom. The largest absolute Gasteiger partial charge is 0.480 e. The van der Waals surface area contributed by atoms with E-state index in [2.05, 4.69) is 11.9 Å². The number of aliphatic carboxylic acids is 1. The van der Waals surface area contributed by atoms with E-state index in [1.54, 1.807) is 6.08 Å². The van der Waals surface area contributed by atoms with Gasteiger partial charge in [-0.15, -0.1) is 19.0 Å². The lowest BCUT2D eigenvalue weighted by molar-refractivity contribution is -0.141. The average Bonchev–Trinajstić information content (AvgIpc) is 2.65. The molecule has 0 radical (unpaired) electrons. The van der Waals surface area contributed by atoms with Crippen LogP contribution in [0.25, 0.3) is 0 Å². The zero-order valence-corrected chi connectivity index (χ0v) is 7.86. The highest BCUT2D eigenvalue weighted by atomic mass is 35.5. The number of carboxylic acids is 1. The van der Waals surface area contributed by atoms with Gasteiger partial charge >= 0.3 is 5.97 Å². The van der Waals surface area contributed by atoms with Gasteiger partial charge in [0.05, 0.1) is 0 Å². The van der Waals surface area contributed by atoms with Crippen LogP contribution in [-0.2, 0) is 4.79 Å². The molecule has 0 amide bonds. The summed E-state index contributed by atoms with van der Waals surface area (Å²) in [4.78, 5) is 10.7. The fourth-order valence-corrected chi connectivity index (χ4v) is 1.41. The predicted molar refractivity (Wildman–Crippen MR) is 49.6 cm³/mol. The van der Waals surface area contributed by atoms with Crippen LogP contribution in [-0.4, -0.2) is 23.2 Å². The van der Waals surface area contributed by atoms with Gasteiger partial charge in [-0.25, -0.2) is 0 Å². The Balaban J connectivity index is 0.00000121. The molecule has 2 atom stereocenters. The summed E-state index contributed by atoms with van der Waals surface area (Å²) in [5.74, 6) is -0.649. The van der Waals surface area contributed by atoms with E-state index in [4.69, 9.17) is 5.11 Å². The number of halogens is 1. The highest BCUT2D eigenvalue weighted by Crippen LogP contribution is 2.44. The van der Waals surface area contributed by atoms with Crippen LogP contribution in [0.15, 0.2) is 12.7 Å². The van der Waals surface area contributed by atoms with Crippen molar-refractivity contribution in [2.45, 2.75) is 18.9 Å². The lowest BCUT2D eigenvalue weighted by Crippen LogP contribution is -2.40. The molecule has 1 aliphatic carbocycles. The molecule has 0 unspecified atom stereocenters. The number of carbonyl (C=O) groups is 1. The minimum absolute atomic E-state index is 0. The molecule has 0 aromatic heterocycles. The third-order valence-corrected chi connectivity index (χ3v) is 2.17. The minimum atomic E-state index is -0.760. The maximum Gasteiger partial charge on any atom is 0.324 e. The third kappa shape index (κ3) is 1.62. The molecule has 0 aromatic rings. The highest BCUT2D eigenvalue weighted by Gasteiger charge is 2.58. The van der Waals surface area contributed by atoms with E-state index in [9.17, 15) is 4.79 Å². The van der Waals surface area contributed by atoms with Crippen molar-refractivity contribution in [3.05, 3.63) is 12.7 Å². The van der Waals surface area contributed by atoms with Gasteiger partial charge in [-0.05, 0) is 13.0 Å². The van der Waals surface area contributed by atoms with Gasteiger partial charge in [0.25, 0.3) is 0 Å². The number of hydrogen-bond donors (Lipinski definition) is 2. The Kier molecular flexibility index (Phi) is 3.74. The molecule has 70 valence electrons. The summed E-state index contributed by atoms with van der Waals surface area (Å²) < 4.78 is 0. The van der Waals surface area contributed by atoms with Gasteiger partial charge in [0.1, 0.15) is 5.54 Å². The van der Waals surface area contributed by atoms with Gasteiger partial charge < -0.3 is 10.4 Å². The van der Waals surface area contributed by atoms with Crippen LogP contribution in [0.4, 0.5) is 0 Å². The normalized spacial score (nSPS) is 31.9. The number of rotatable bonds is 4. The van der Waals surface area contributed by atoms with Gasteiger partial charge in [0, 0.05) is 5.92 Å². The maximum absolute atomic E-state index is 10.7. The number of carboxylic acid groups (broad SMARTS) is 1. The Bertz CT molecular complexity index is 195. The van der Waals surface area contributed by atoms with Crippen LogP contribution < -0.4 is 5.32 Å². The summed E-state index contributed by atoms with van der Waals surface area (Å²) in [6, 6.07) is 0. The molecular weight excluding hydrogens is 178 g/mol. The van der Waals surface area contributed by atoms with E-state index in [-0.39, 0.29) is 18.3 Å². The zero-order valence-electron chi connectivity index (χ0n) is 7.04. The molecule has 1 fully saturated rings. The first-order valence-electron chi connectivity index (χ1n) is 3.78. The van der Waals surface area contributed by atoms with Crippen molar-refractivity contribution in [3.8, 4) is 0 Å². The topological polar surface area (TPSA) is 49.3 Å². The fraction of sp³-hybridized carbons (Fsp3) is 0.625. The molecule has 1 saturated carbocycles. The number of nitrogens with one attached hydrogen (secondary N) is 1. The summed E-state index contributed by atoms with van der Waals surface area (Å²) in [6.45, 7) is 6.18. The van der Waals surface area contributed by atoms with E-state index in [0.29, 0.717) is 13.0 Å². The Hall–Kier alpha value is -0.540. The average molecular weight is 192 g/mol. The van der Waals surface area contributed by atoms with Gasteiger partial charge in [-0.2, -0.15) is 0 Å². The van der Waals surface area contributed by atoms with E-state index in [1.165, 1.54) is 0 Å². The van der Waals surface area contributed by atoms with Gasteiger partial charge in [-0.1, -0.05) is 13.0 Å². The van der Waals surface area contributed by atoms with Crippen LogP contribution in [0, 0.1) is 5.92 Å². The molecule has 3 nitrogen and oxygen atoms in total. The highest BCUT2D eigenvalue weighted by molar-refractivity contribution is 5.85. The van der Waals surface area contributed by atoms with Crippen molar-refractivity contribution >= 4 is 18.4 Å². The molecule has 0 aliphatic heterocycles. The molecule has 0 spiro atoms. The molecule has 12 heavy (non-hydrogen) atoms. The fourth-order valence-electron chi connectivity index (χ4n) is 1.41. The Labute approximate surface area is 78.3 Å². The van der Waals surface area contributed by atoms with Gasteiger partial charge in [0.15, 0.2) is 0 Å². The SMILES string of the molecule is C=C[C@@H]1C[C@]1(NCC)C(=O)O.Cl. The molecule has 1 rings (SSSR count). The third-order valence-electron chi connectivity index (χ3n) is 2.17. The van der Waals surface area contributed by atoms with E-state index >= 15 is 0 Å². The first-order valence-corrected chi connectivity index (χ1v) is 3.78. The Morgan fingerprint density at radius 1 is 1.92 bits per heavy atom. The smallest absolute Gasteiger partial charge is 0.324 e. The van der Waals surface area contributed by atoms with Crippen LogP contribution in [0.1, 0.15) is 13.3 Å². The summed E-state index contributed by atoms with van der Waals surface area (Å²) in [5, 5.41) is 11.8. The second-order valence-corrected chi connectivity index (χ2v) is 2.85. The first-order chi connectivity index (χ1) is 5.17. The molecule has 0 heterocycles. The zero-order chi connectivity index (χ0) is 8.48. The minimum Gasteiger partial charge on any atom is -0.480 e. The standard InChI is InChI=1S/C8H13NO2.ClH/c1-3-6-5-8(6,7(10)11)9-4-2;/h3,6,9H,1,4-5H2,2H3,(H,10,11);1H/t6-,8-;/m1./s1. The molecule has 0 aromatic carbocycles. The molecule has 2 N–H and O–H groups in total. The molecule has 1 aliphatic rings. The number of hydrogen-bond acceptors (Lipinski definition) is 2. The first kappa shape index (κ1) is 11.5. The van der Waals surface area contributed by atoms with Crippen molar-refractivity contribution < 1.29 is 9.90 Å². The second-order valence-electron chi connectivity index (χ2n) is 2.85. The van der Waals surface area contributed by atoms with Crippen LogP contribution >= 0.6 is 12.4 Å². The second kappa shape index (κ2) is 3.92. The van der Waals surface area contributed by atoms with Gasteiger partial charge in [0.2, 0.25) is 0 Å². The lowest BCUT2D eigenvalue weighted by atomic mass is 10.2. The van der Waals surface area contributed by atoms with Crippen molar-refractivity contribution in [3.63, 3.8) is 0 Å². The van der Waals surface area contributed by atoms with Crippen molar-refractivity contribution in [2.24, 2.45) is 5.92 Å². The number of likely N-dealkylation sites (N-methyl/N-ethyl adjacent to an activating group) is 1. The van der Waals surface area contributed by atoms with E-state index in [1.807, 2.05) is 6.92 Å². The van der Waals surface area contributed by atoms with Gasteiger partial charge in [-0.3, -0.25) is 4.79 Å². The molecular formula is C8H14ClNO2. The van der Waals surface area contributed by atoms with Crippen molar-refractivity contribution in [1.29, 1.82) is 0 Å². The predicted octanol–water partition coefficient (Wildman–Crippen LogP) is 1.05. The monoisotopic (exact) mass is 191 g/mol. The van der Waals surface area contributed by atoms with E-state index in [0.717, 1.165) is 0 Å². The van der Waals surface area contributed by atoms with Crippen molar-refractivity contribution in [2.75, 3.05) is 6.54 Å². The molecule has 0 bridgehead atoms. The summed E-state index contributed by atoms with van der Waals surface area (Å²) in [7, 11) is 0. The summed E-state index contributed by atoms with van der Waals surface area (Å²) in [5.41, 5.74) is -0.684. The molecule has 0 saturated heterocycles. The van der Waals surface area contributed by atoms with Crippen LogP contribution in [0.3, 0.4) is 0 Å². The van der Waals surface area contributed by atoms with Crippen LogP contribution in [0.5, 0.6) is 0 Å². The summed E-state index contributed by atoms with van der Waals surface area (Å²) in [6.07, 6.45) is 2.39. The van der Waals surface area contributed by atoms with Crippen molar-refractivity contribution in [1.82, 2.24) is 5.32 Å². The summed E-state index contributed by atoms with van der Waals surface area (Å²) >= 11 is 0. The Morgan fingerprint density at radius 2 is 2.50 bits per heavy atom.